The molecule has 1 atom stereocenters. The summed E-state index contributed by atoms with van der Waals surface area (Å²) in [6, 6.07) is 6.09. The normalized spacial score (nSPS) is 12.1. The molecule has 0 spiro atoms. The van der Waals surface area contributed by atoms with Crippen molar-refractivity contribution in [1.29, 1.82) is 0 Å². The number of nitrogens with one attached hydrogen (secondary N) is 1. The third-order valence-corrected chi connectivity index (χ3v) is 5.69. The molecule has 1 aromatic heterocycles. The molecule has 0 aliphatic heterocycles. The third-order valence-electron chi connectivity index (χ3n) is 4.80. The summed E-state index contributed by atoms with van der Waals surface area (Å²) < 4.78 is 5.05. The van der Waals surface area contributed by atoms with Crippen molar-refractivity contribution in [2.45, 2.75) is 53.9 Å². The predicted molar refractivity (Wildman–Crippen MR) is 130 cm³/mol. The highest BCUT2D eigenvalue weighted by Crippen LogP contribution is 2.35. The molecule has 1 unspecified atom stereocenters. The molecular formula is C24H35N3O4S. The molecule has 0 saturated heterocycles. The van der Waals surface area contributed by atoms with Crippen molar-refractivity contribution in [2.75, 3.05) is 29.9 Å². The molecule has 0 aliphatic rings. The van der Waals surface area contributed by atoms with Gasteiger partial charge in [0.25, 0.3) is 0 Å². The fourth-order valence-corrected chi connectivity index (χ4v) is 4.24. The fraction of sp³-hybridized carbons (Fsp3) is 0.542. The molecule has 176 valence electrons. The molecule has 1 aromatic carbocycles. The third kappa shape index (κ3) is 7.51. The van der Waals surface area contributed by atoms with Crippen molar-refractivity contribution >= 4 is 39.7 Å². The van der Waals surface area contributed by atoms with Gasteiger partial charge in [0.15, 0.2) is 0 Å². The van der Waals surface area contributed by atoms with Gasteiger partial charge in [-0.2, -0.15) is 0 Å². The van der Waals surface area contributed by atoms with Gasteiger partial charge in [0.05, 0.1) is 30.6 Å². The van der Waals surface area contributed by atoms with E-state index in [4.69, 9.17) is 4.74 Å². The number of thiazole rings is 1. The molecule has 7 nitrogen and oxygen atoms in total. The number of hydrogen-bond donors (Lipinski definition) is 2. The van der Waals surface area contributed by atoms with Crippen LogP contribution in [-0.4, -0.2) is 41.7 Å². The van der Waals surface area contributed by atoms with Crippen LogP contribution in [0, 0.1) is 11.8 Å². The number of carboxylic acids is 1. The average Bonchev–Trinajstić information content (AvgIpc) is 3.15. The van der Waals surface area contributed by atoms with Gasteiger partial charge in [-0.1, -0.05) is 52.0 Å². The zero-order valence-corrected chi connectivity index (χ0v) is 20.7. The van der Waals surface area contributed by atoms with Gasteiger partial charge in [0, 0.05) is 13.1 Å². The molecule has 8 heteroatoms. The standard InChI is InChI=1S/C24H35N3O4S/c1-7-31-24(30)23-25-12-21(32-23)26-19-11-18(17(6)10-22(28)29)8-9-20(19)27(13-15(2)3)14-16(4)5/h8-9,11-12,15-17,26H,7,10,13-14H2,1-6H3,(H,28,29). The van der Waals surface area contributed by atoms with Crippen molar-refractivity contribution in [3.63, 3.8) is 0 Å². The van der Waals surface area contributed by atoms with E-state index in [0.29, 0.717) is 23.5 Å². The van der Waals surface area contributed by atoms with E-state index in [1.54, 1.807) is 13.1 Å². The van der Waals surface area contributed by atoms with Gasteiger partial charge in [-0.15, -0.1) is 0 Å². The smallest absolute Gasteiger partial charge is 0.367 e. The summed E-state index contributed by atoms with van der Waals surface area (Å²) in [6.45, 7) is 14.5. The summed E-state index contributed by atoms with van der Waals surface area (Å²) in [4.78, 5) is 29.8. The molecule has 2 rings (SSSR count). The highest BCUT2D eigenvalue weighted by atomic mass is 32.1. The zero-order chi connectivity index (χ0) is 23.8. The summed E-state index contributed by atoms with van der Waals surface area (Å²) in [6.07, 6.45) is 1.69. The van der Waals surface area contributed by atoms with Crippen LogP contribution in [0.3, 0.4) is 0 Å². The maximum absolute atomic E-state index is 12.0. The number of nitrogens with zero attached hydrogens (tertiary/aromatic N) is 2. The molecule has 0 saturated carbocycles. The van der Waals surface area contributed by atoms with E-state index in [1.807, 2.05) is 19.1 Å². The topological polar surface area (TPSA) is 91.8 Å². The van der Waals surface area contributed by atoms with Crippen LogP contribution in [0.1, 0.15) is 69.2 Å². The SMILES string of the molecule is CCOC(=O)c1ncc(Nc2cc(C(C)CC(=O)O)ccc2N(CC(C)C)CC(C)C)s1. The Morgan fingerprint density at radius 3 is 2.38 bits per heavy atom. The molecule has 2 aromatic rings. The van der Waals surface area contributed by atoms with E-state index in [2.05, 4.69) is 49.0 Å². The van der Waals surface area contributed by atoms with Crippen LogP contribution in [0.15, 0.2) is 24.4 Å². The van der Waals surface area contributed by atoms with Crippen LogP contribution >= 0.6 is 11.3 Å². The lowest BCUT2D eigenvalue weighted by Gasteiger charge is -2.31. The highest BCUT2D eigenvalue weighted by molar-refractivity contribution is 7.17. The highest BCUT2D eigenvalue weighted by Gasteiger charge is 2.19. The minimum Gasteiger partial charge on any atom is -0.481 e. The van der Waals surface area contributed by atoms with Crippen LogP contribution in [0.4, 0.5) is 16.4 Å². The van der Waals surface area contributed by atoms with Crippen LogP contribution in [0.25, 0.3) is 0 Å². The first kappa shape index (κ1) is 25.6. The lowest BCUT2D eigenvalue weighted by atomic mass is 9.96. The molecule has 0 radical (unpaired) electrons. The van der Waals surface area contributed by atoms with Crippen LogP contribution in [0.5, 0.6) is 0 Å². The van der Waals surface area contributed by atoms with Crippen LogP contribution in [-0.2, 0) is 9.53 Å². The second kappa shape index (κ2) is 11.9. The quantitative estimate of drug-likeness (QED) is 0.388. The van der Waals surface area contributed by atoms with Crippen molar-refractivity contribution in [3.05, 3.63) is 35.0 Å². The summed E-state index contributed by atoms with van der Waals surface area (Å²) in [5.74, 6) is -0.422. The van der Waals surface area contributed by atoms with Gasteiger partial charge >= 0.3 is 11.9 Å². The Balaban J connectivity index is 2.44. The summed E-state index contributed by atoms with van der Waals surface area (Å²) in [7, 11) is 0. The van der Waals surface area contributed by atoms with Crippen molar-refractivity contribution in [3.8, 4) is 0 Å². The summed E-state index contributed by atoms with van der Waals surface area (Å²) in [5, 5.41) is 13.7. The minimum absolute atomic E-state index is 0.0635. The summed E-state index contributed by atoms with van der Waals surface area (Å²) in [5.41, 5.74) is 2.87. The number of aliphatic carboxylic acids is 1. The number of carbonyl (C=O) groups excluding carboxylic acids is 1. The van der Waals surface area contributed by atoms with Crippen LogP contribution < -0.4 is 10.2 Å². The number of esters is 1. The summed E-state index contributed by atoms with van der Waals surface area (Å²) >= 11 is 1.24. The van der Waals surface area contributed by atoms with Gasteiger partial charge < -0.3 is 20.1 Å². The van der Waals surface area contributed by atoms with E-state index in [-0.39, 0.29) is 12.3 Å². The van der Waals surface area contributed by atoms with E-state index in [0.717, 1.165) is 35.0 Å². The van der Waals surface area contributed by atoms with Gasteiger partial charge in [0.1, 0.15) is 5.00 Å². The van der Waals surface area contributed by atoms with Crippen LogP contribution in [0.2, 0.25) is 0 Å². The Hall–Kier alpha value is -2.61. The second-order valence-electron chi connectivity index (χ2n) is 8.84. The second-order valence-corrected chi connectivity index (χ2v) is 9.87. The average molecular weight is 462 g/mol. The first-order valence-electron chi connectivity index (χ1n) is 11.1. The van der Waals surface area contributed by atoms with E-state index >= 15 is 0 Å². The lowest BCUT2D eigenvalue weighted by molar-refractivity contribution is -0.137. The predicted octanol–water partition coefficient (Wildman–Crippen LogP) is 5.76. The Bertz CT molecular complexity index is 900. The molecule has 0 aliphatic carbocycles. The number of hydrogen-bond acceptors (Lipinski definition) is 7. The molecule has 32 heavy (non-hydrogen) atoms. The fourth-order valence-electron chi connectivity index (χ4n) is 3.52. The van der Waals surface area contributed by atoms with Gasteiger partial charge in [0.2, 0.25) is 5.01 Å². The first-order chi connectivity index (χ1) is 15.1. The molecule has 2 N–H and O–H groups in total. The van der Waals surface area contributed by atoms with Crippen molar-refractivity contribution < 1.29 is 19.4 Å². The van der Waals surface area contributed by atoms with Gasteiger partial charge in [-0.3, -0.25) is 4.79 Å². The molecular weight excluding hydrogens is 426 g/mol. The number of anilines is 3. The number of ether oxygens (including phenoxy) is 1. The van der Waals surface area contributed by atoms with Crippen molar-refractivity contribution in [2.24, 2.45) is 11.8 Å². The number of carbonyl (C=O) groups is 2. The van der Waals surface area contributed by atoms with E-state index in [9.17, 15) is 14.7 Å². The molecule has 0 bridgehead atoms. The number of rotatable bonds is 12. The number of carboxylic acid groups (broad SMARTS) is 1. The minimum atomic E-state index is -0.820. The first-order valence-corrected chi connectivity index (χ1v) is 11.9. The van der Waals surface area contributed by atoms with Gasteiger partial charge in [-0.05, 0) is 42.4 Å². The zero-order valence-electron chi connectivity index (χ0n) is 19.8. The lowest BCUT2D eigenvalue weighted by Crippen LogP contribution is -2.31. The Morgan fingerprint density at radius 2 is 1.81 bits per heavy atom. The Kier molecular flexibility index (Phi) is 9.50. The largest absolute Gasteiger partial charge is 0.481 e. The Morgan fingerprint density at radius 1 is 1.16 bits per heavy atom. The van der Waals surface area contributed by atoms with Gasteiger partial charge in [-0.25, -0.2) is 9.78 Å². The maximum atomic E-state index is 12.0. The molecule has 1 heterocycles. The number of benzene rings is 1. The maximum Gasteiger partial charge on any atom is 0.367 e. The van der Waals surface area contributed by atoms with Crippen molar-refractivity contribution in [1.82, 2.24) is 4.98 Å². The molecule has 0 fully saturated rings. The van der Waals surface area contributed by atoms with E-state index < -0.39 is 11.9 Å². The monoisotopic (exact) mass is 461 g/mol. The number of aromatic nitrogens is 1. The van der Waals surface area contributed by atoms with E-state index in [1.165, 1.54) is 11.3 Å². The molecule has 0 amide bonds. The Labute approximate surface area is 194 Å².